The lowest BCUT2D eigenvalue weighted by Gasteiger charge is -2.03. The van der Waals surface area contributed by atoms with Crippen LogP contribution < -0.4 is 15.4 Å². The second kappa shape index (κ2) is 6.24. The lowest BCUT2D eigenvalue weighted by atomic mass is 10.1. The Balaban J connectivity index is 1.93. The molecule has 1 aliphatic carbocycles. The number of aromatic nitrogens is 3. The zero-order chi connectivity index (χ0) is 17.6. The molecular weight excluding hydrogens is 400 g/mol. The van der Waals surface area contributed by atoms with Crippen LogP contribution in [0.3, 0.4) is 0 Å². The first kappa shape index (κ1) is 16.2. The summed E-state index contributed by atoms with van der Waals surface area (Å²) in [6.45, 7) is 2.01. The fourth-order valence-electron chi connectivity index (χ4n) is 2.84. The van der Waals surface area contributed by atoms with Crippen LogP contribution in [0, 0.1) is 12.3 Å². The Morgan fingerprint density at radius 1 is 1.36 bits per heavy atom. The summed E-state index contributed by atoms with van der Waals surface area (Å²) < 4.78 is 3.50. The van der Waals surface area contributed by atoms with E-state index in [1.165, 1.54) is 16.0 Å². The third-order valence-electron chi connectivity index (χ3n) is 4.23. The number of fused-ring (bicyclic) bond motifs is 1. The van der Waals surface area contributed by atoms with E-state index in [-0.39, 0.29) is 5.56 Å². The van der Waals surface area contributed by atoms with Gasteiger partial charge in [-0.05, 0) is 31.4 Å². The maximum atomic E-state index is 12.8. The van der Waals surface area contributed by atoms with Gasteiger partial charge < -0.3 is 5.41 Å². The predicted octanol–water partition coefficient (Wildman–Crippen LogP) is 2.71. The van der Waals surface area contributed by atoms with E-state index in [4.69, 9.17) is 5.41 Å². The molecule has 0 radical (unpaired) electrons. The molecule has 0 saturated carbocycles. The molecule has 7 heteroatoms. The van der Waals surface area contributed by atoms with E-state index in [1.807, 2.05) is 25.1 Å². The van der Waals surface area contributed by atoms with Gasteiger partial charge in [0, 0.05) is 16.3 Å². The predicted molar refractivity (Wildman–Crippen MR) is 105 cm³/mol. The molecule has 2 N–H and O–H groups in total. The maximum Gasteiger partial charge on any atom is 0.282 e. The van der Waals surface area contributed by atoms with Crippen LogP contribution in [-0.4, -0.2) is 21.0 Å². The number of H-pyrrole nitrogens is 1. The number of hydrogen-bond acceptors (Lipinski definition) is 4. The molecule has 0 spiro atoms. The summed E-state index contributed by atoms with van der Waals surface area (Å²) in [5.74, 6) is 0. The summed E-state index contributed by atoms with van der Waals surface area (Å²) >= 11 is 5.01. The van der Waals surface area contributed by atoms with Crippen LogP contribution in [0.2, 0.25) is 0 Å². The lowest BCUT2D eigenvalue weighted by Crippen LogP contribution is -2.23. The van der Waals surface area contributed by atoms with Gasteiger partial charge in [-0.2, -0.15) is 4.68 Å². The van der Waals surface area contributed by atoms with Gasteiger partial charge in [0.05, 0.1) is 21.1 Å². The van der Waals surface area contributed by atoms with Crippen molar-refractivity contribution in [2.24, 2.45) is 0 Å². The number of thiazole rings is 1. The summed E-state index contributed by atoms with van der Waals surface area (Å²) in [5, 5.41) is 12.4. The molecule has 0 aliphatic heterocycles. The minimum absolute atomic E-state index is 0.257. The Morgan fingerprint density at radius 2 is 2.16 bits per heavy atom. The van der Waals surface area contributed by atoms with Crippen molar-refractivity contribution in [1.29, 1.82) is 5.41 Å². The van der Waals surface area contributed by atoms with Crippen LogP contribution in [0.25, 0.3) is 28.5 Å². The van der Waals surface area contributed by atoms with Crippen LogP contribution in [-0.2, 0) is 0 Å². The van der Waals surface area contributed by atoms with Crippen LogP contribution >= 0.6 is 27.3 Å². The molecule has 2 heterocycles. The minimum Gasteiger partial charge on any atom is -0.308 e. The van der Waals surface area contributed by atoms with Crippen LogP contribution in [0.15, 0.2) is 27.5 Å². The molecular formula is C18H15BrN4OS. The third kappa shape index (κ3) is 2.73. The van der Waals surface area contributed by atoms with Crippen molar-refractivity contribution in [3.63, 3.8) is 0 Å². The smallest absolute Gasteiger partial charge is 0.282 e. The Kier molecular flexibility index (Phi) is 4.05. The van der Waals surface area contributed by atoms with Gasteiger partial charge in [0.2, 0.25) is 5.13 Å². The van der Waals surface area contributed by atoms with Gasteiger partial charge in [-0.25, -0.2) is 4.98 Å². The number of aryl methyl sites for hydroxylation is 1. The van der Waals surface area contributed by atoms with Crippen molar-refractivity contribution >= 4 is 45.6 Å². The molecule has 126 valence electrons. The van der Waals surface area contributed by atoms with Crippen LogP contribution in [0.1, 0.15) is 24.0 Å². The van der Waals surface area contributed by atoms with E-state index in [2.05, 4.69) is 38.2 Å². The molecule has 3 aromatic rings. The number of aromatic amines is 1. The molecule has 0 amide bonds. The second-order valence-corrected chi connectivity index (χ2v) is 7.74. The van der Waals surface area contributed by atoms with E-state index in [0.717, 1.165) is 44.5 Å². The summed E-state index contributed by atoms with van der Waals surface area (Å²) in [6.07, 6.45) is 7.33. The normalized spacial score (nSPS) is 13.0. The zero-order valence-electron chi connectivity index (χ0n) is 13.5. The quantitative estimate of drug-likeness (QED) is 0.646. The van der Waals surface area contributed by atoms with E-state index >= 15 is 0 Å². The highest BCUT2D eigenvalue weighted by molar-refractivity contribution is 9.10. The number of hydrogen-bond donors (Lipinski definition) is 2. The van der Waals surface area contributed by atoms with Crippen molar-refractivity contribution in [1.82, 2.24) is 14.8 Å². The Bertz CT molecular complexity index is 1140. The minimum atomic E-state index is -0.257. The summed E-state index contributed by atoms with van der Waals surface area (Å²) in [4.78, 5) is 17.3. The molecule has 25 heavy (non-hydrogen) atoms. The van der Waals surface area contributed by atoms with Gasteiger partial charge in [0.15, 0.2) is 0 Å². The molecule has 0 fully saturated rings. The highest BCUT2D eigenvalue weighted by atomic mass is 79.9. The molecule has 2 aromatic heterocycles. The fraction of sp³-hybridized carbons (Fsp3) is 0.167. The number of halogens is 1. The molecule has 0 unspecified atom stereocenters. The topological polar surface area (TPSA) is 74.5 Å². The van der Waals surface area contributed by atoms with Gasteiger partial charge >= 0.3 is 0 Å². The van der Waals surface area contributed by atoms with E-state index in [0.29, 0.717) is 16.4 Å². The third-order valence-corrected chi connectivity index (χ3v) is 6.13. The molecule has 0 atom stereocenters. The van der Waals surface area contributed by atoms with Gasteiger partial charge in [-0.1, -0.05) is 51.6 Å². The number of benzene rings is 1. The maximum absolute atomic E-state index is 12.8. The Morgan fingerprint density at radius 3 is 2.88 bits per heavy atom. The van der Waals surface area contributed by atoms with Gasteiger partial charge in [-0.3, -0.25) is 9.89 Å². The number of rotatable bonds is 3. The van der Waals surface area contributed by atoms with Crippen molar-refractivity contribution < 1.29 is 0 Å². The highest BCUT2D eigenvalue weighted by Gasteiger charge is 2.17. The van der Waals surface area contributed by atoms with Crippen molar-refractivity contribution in [2.45, 2.75) is 19.8 Å². The standard InChI is InChI=1S/C18H15BrN4OS/c1-10-6-7-11(8-13(10)19)16-12(9-20)17(24)23(22-16)18-21-14-4-2-3-5-15(14)25-18/h4-9,20,22H,2-3H2,1H3. The van der Waals surface area contributed by atoms with Gasteiger partial charge in [0.1, 0.15) is 0 Å². The second-order valence-electron chi connectivity index (χ2n) is 5.88. The number of nitrogens with zero attached hydrogens (tertiary/aromatic N) is 2. The monoisotopic (exact) mass is 414 g/mol. The number of nitrogens with one attached hydrogen (secondary N) is 2. The Labute approximate surface area is 156 Å². The van der Waals surface area contributed by atoms with E-state index < -0.39 is 0 Å². The first-order valence-corrected chi connectivity index (χ1v) is 9.49. The van der Waals surface area contributed by atoms with Crippen LogP contribution in [0.5, 0.6) is 0 Å². The first-order chi connectivity index (χ1) is 12.1. The average molecular weight is 415 g/mol. The molecule has 1 aliphatic rings. The molecule has 0 bridgehead atoms. The summed E-state index contributed by atoms with van der Waals surface area (Å²) in [5.41, 5.74) is 2.67. The lowest BCUT2D eigenvalue weighted by molar-refractivity contribution is 0.838. The largest absolute Gasteiger partial charge is 0.308 e. The summed E-state index contributed by atoms with van der Waals surface area (Å²) in [7, 11) is 0. The van der Waals surface area contributed by atoms with Gasteiger partial charge in [-0.15, -0.1) is 0 Å². The Hall–Kier alpha value is -2.25. The van der Waals surface area contributed by atoms with Crippen molar-refractivity contribution in [3.8, 4) is 16.4 Å². The van der Waals surface area contributed by atoms with Gasteiger partial charge in [0.25, 0.3) is 5.56 Å². The van der Waals surface area contributed by atoms with Crippen molar-refractivity contribution in [2.75, 3.05) is 0 Å². The SMILES string of the molecule is Cc1ccc(-c2[nH]n(-c3nc4c(s3)=CCCC=4)c(=O)c2C=N)cc1Br. The van der Waals surface area contributed by atoms with Crippen LogP contribution in [0.4, 0.5) is 0 Å². The average Bonchev–Trinajstić information content (AvgIpc) is 3.17. The highest BCUT2D eigenvalue weighted by Crippen LogP contribution is 2.25. The first-order valence-electron chi connectivity index (χ1n) is 7.88. The molecule has 4 rings (SSSR count). The summed E-state index contributed by atoms with van der Waals surface area (Å²) in [6, 6.07) is 5.87. The van der Waals surface area contributed by atoms with Crippen molar-refractivity contribution in [3.05, 3.63) is 54.0 Å². The zero-order valence-corrected chi connectivity index (χ0v) is 15.9. The van der Waals surface area contributed by atoms with E-state index in [1.54, 1.807) is 0 Å². The molecule has 1 aromatic carbocycles. The molecule has 0 saturated heterocycles. The fourth-order valence-corrected chi connectivity index (χ4v) is 4.22. The van der Waals surface area contributed by atoms with E-state index in [9.17, 15) is 4.79 Å². The molecule has 5 nitrogen and oxygen atoms in total.